The molecule has 1 aliphatic carbocycles. The number of hydrogen-bond donors (Lipinski definition) is 2. The maximum atomic E-state index is 10.0. The van der Waals surface area contributed by atoms with Crippen molar-refractivity contribution in [3.05, 3.63) is 11.3 Å². The molecule has 2 aliphatic heterocycles. The topological polar surface area (TPSA) is 92.3 Å². The van der Waals surface area contributed by atoms with E-state index in [0.717, 1.165) is 58.4 Å². The van der Waals surface area contributed by atoms with Crippen molar-refractivity contribution in [3.63, 3.8) is 0 Å². The van der Waals surface area contributed by atoms with Gasteiger partial charge in [-0.15, -0.1) is 0 Å². The van der Waals surface area contributed by atoms with Gasteiger partial charge in [0.15, 0.2) is 0 Å². The van der Waals surface area contributed by atoms with E-state index in [0.29, 0.717) is 0 Å². The van der Waals surface area contributed by atoms with Gasteiger partial charge < -0.3 is 20.1 Å². The lowest BCUT2D eigenvalue weighted by atomic mass is 9.70. The Morgan fingerprint density at radius 3 is 2.33 bits per heavy atom. The van der Waals surface area contributed by atoms with Crippen LogP contribution in [0.25, 0.3) is 0 Å². The fourth-order valence-electron chi connectivity index (χ4n) is 3.43. The summed E-state index contributed by atoms with van der Waals surface area (Å²) in [4.78, 5) is 2.54. The minimum Gasteiger partial charge on any atom is -0.509 e. The number of ether oxygens (including phenoxy) is 1. The van der Waals surface area contributed by atoms with Gasteiger partial charge in [-0.25, -0.2) is 0 Å². The Morgan fingerprint density at radius 2 is 1.88 bits per heavy atom. The highest BCUT2D eigenvalue weighted by Gasteiger charge is 2.47. The van der Waals surface area contributed by atoms with Crippen LogP contribution in [-0.2, 0) is 4.74 Å². The van der Waals surface area contributed by atoms with Gasteiger partial charge >= 0.3 is 0 Å². The lowest BCUT2D eigenvalue weighted by Crippen LogP contribution is -2.58. The van der Waals surface area contributed by atoms with Crippen molar-refractivity contribution < 1.29 is 9.84 Å². The van der Waals surface area contributed by atoms with Crippen LogP contribution in [0.1, 0.15) is 32.1 Å². The molecule has 0 radical (unpaired) electrons. The summed E-state index contributed by atoms with van der Waals surface area (Å²) in [6, 6.07) is 3.98. The first-order valence-electron chi connectivity index (χ1n) is 8.36. The molecule has 2 heterocycles. The first kappa shape index (κ1) is 18.7. The van der Waals surface area contributed by atoms with E-state index >= 15 is 0 Å². The third kappa shape index (κ3) is 4.05. The quantitative estimate of drug-likeness (QED) is 0.647. The second kappa shape index (κ2) is 8.43. The molecule has 1 unspecified atom stereocenters. The highest BCUT2D eigenvalue weighted by Crippen LogP contribution is 2.40. The van der Waals surface area contributed by atoms with Gasteiger partial charge in [-0.2, -0.15) is 10.5 Å². The molecule has 7 heteroatoms. The van der Waals surface area contributed by atoms with Crippen LogP contribution in [0, 0.1) is 28.6 Å². The number of nitrogens with zero attached hydrogens (tertiary/aromatic N) is 3. The zero-order chi connectivity index (χ0) is 17.6. The van der Waals surface area contributed by atoms with Crippen LogP contribution in [-0.4, -0.2) is 53.9 Å². The van der Waals surface area contributed by atoms with Crippen LogP contribution in [0.3, 0.4) is 0 Å². The Kier molecular flexibility index (Phi) is 6.56. The predicted octanol–water partition coefficient (Wildman–Crippen LogP) is 2.04. The van der Waals surface area contributed by atoms with Gasteiger partial charge in [0.2, 0.25) is 0 Å². The Bertz CT molecular complexity index is 578. The number of rotatable bonds is 0. The maximum absolute atomic E-state index is 10.0. The molecule has 24 heavy (non-hydrogen) atoms. The van der Waals surface area contributed by atoms with Crippen LogP contribution < -0.4 is 5.32 Å². The number of likely N-dealkylation sites (N-methyl/N-ethyl adjacent to an activating group) is 1. The van der Waals surface area contributed by atoms with Crippen LogP contribution in [0.4, 0.5) is 0 Å². The van der Waals surface area contributed by atoms with Gasteiger partial charge in [-0.3, -0.25) is 0 Å². The largest absolute Gasteiger partial charge is 0.509 e. The van der Waals surface area contributed by atoms with Crippen LogP contribution in [0.15, 0.2) is 11.3 Å². The van der Waals surface area contributed by atoms with Gasteiger partial charge in [-0.1, -0.05) is 31.5 Å². The van der Waals surface area contributed by atoms with E-state index in [-0.39, 0.29) is 16.3 Å². The van der Waals surface area contributed by atoms with Crippen molar-refractivity contribution in [3.8, 4) is 12.1 Å². The first-order valence-corrected chi connectivity index (χ1v) is 8.76. The summed E-state index contributed by atoms with van der Waals surface area (Å²) in [6.45, 7) is 4.02. The van der Waals surface area contributed by atoms with Crippen LogP contribution >= 0.6 is 12.2 Å². The first-order chi connectivity index (χ1) is 11.5. The maximum Gasteiger partial charge on any atom is 0.133 e. The minimum absolute atomic E-state index is 0.0442. The number of hydrogen-bond acceptors (Lipinski definition) is 6. The summed E-state index contributed by atoms with van der Waals surface area (Å²) in [6.07, 6.45) is 4.80. The normalized spacial score (nSPS) is 26.6. The van der Waals surface area contributed by atoms with Crippen molar-refractivity contribution in [1.82, 2.24) is 10.2 Å². The Morgan fingerprint density at radius 1 is 1.25 bits per heavy atom. The zero-order valence-electron chi connectivity index (χ0n) is 14.0. The number of aliphatic hydroxyl groups excluding tert-OH is 1. The summed E-state index contributed by atoms with van der Waals surface area (Å²) < 4.78 is 5.10. The zero-order valence-corrected chi connectivity index (χ0v) is 14.9. The third-order valence-corrected chi connectivity index (χ3v) is 5.20. The molecule has 0 aromatic carbocycles. The second-order valence-electron chi connectivity index (χ2n) is 6.52. The Balaban J connectivity index is 0.000000249. The second-order valence-corrected chi connectivity index (χ2v) is 6.93. The van der Waals surface area contributed by atoms with Gasteiger partial charge in [0.05, 0.1) is 24.8 Å². The number of aliphatic hydroxyl groups is 1. The molecule has 3 aliphatic rings. The van der Waals surface area contributed by atoms with E-state index in [4.69, 9.17) is 22.2 Å². The average Bonchev–Trinajstić information content (AvgIpc) is 2.57. The molecule has 3 rings (SSSR count). The number of morpholine rings is 1. The van der Waals surface area contributed by atoms with E-state index in [1.165, 1.54) is 0 Å². The fourth-order valence-corrected chi connectivity index (χ4v) is 3.78. The molecule has 1 atom stereocenters. The van der Waals surface area contributed by atoms with E-state index in [1.54, 1.807) is 0 Å². The summed E-state index contributed by atoms with van der Waals surface area (Å²) in [5, 5.41) is 31.3. The summed E-state index contributed by atoms with van der Waals surface area (Å²) in [7, 11) is 2.11. The molecule has 6 nitrogen and oxygen atoms in total. The standard InChI is InChI=1S/C12H13N3OS.C5H11NO/c13-6-8-10(16)9(7-14)12(15-11(8)17)4-2-1-3-5-12;1-6-2-4-7-5-3-6/h9,16H,1-5H2,(H,15,17);2-5H2,1H3. The average molecular weight is 348 g/mol. The molecule has 0 aromatic heterocycles. The molecule has 130 valence electrons. The van der Waals surface area contributed by atoms with Crippen LogP contribution in [0.2, 0.25) is 0 Å². The Hall–Kier alpha value is -1.67. The van der Waals surface area contributed by atoms with Crippen molar-refractivity contribution in [2.75, 3.05) is 33.4 Å². The SMILES string of the molecule is CN1CCOCC1.N#CC1=C(O)C(C#N)C2(CCCCC2)NC1=S. The predicted molar refractivity (Wildman–Crippen MR) is 94.2 cm³/mol. The molecule has 2 N–H and O–H groups in total. The van der Waals surface area contributed by atoms with Crippen LogP contribution in [0.5, 0.6) is 0 Å². The van der Waals surface area contributed by atoms with Gasteiger partial charge in [0.25, 0.3) is 0 Å². The van der Waals surface area contributed by atoms with Gasteiger partial charge in [-0.05, 0) is 19.9 Å². The molecule has 0 bridgehead atoms. The number of nitrogens with one attached hydrogen (secondary N) is 1. The molecule has 2 fully saturated rings. The molecule has 1 saturated carbocycles. The third-order valence-electron chi connectivity index (χ3n) is 4.89. The lowest BCUT2D eigenvalue weighted by Gasteiger charge is -2.44. The highest BCUT2D eigenvalue weighted by atomic mass is 32.1. The van der Waals surface area contributed by atoms with Crippen molar-refractivity contribution in [2.24, 2.45) is 5.92 Å². The number of nitriles is 2. The van der Waals surface area contributed by atoms with Crippen molar-refractivity contribution in [1.29, 1.82) is 10.5 Å². The smallest absolute Gasteiger partial charge is 0.133 e. The lowest BCUT2D eigenvalue weighted by molar-refractivity contribution is 0.0503. The summed E-state index contributed by atoms with van der Waals surface area (Å²) in [5.74, 6) is -0.815. The molecule has 0 aromatic rings. The molecule has 1 spiro atoms. The molecule has 0 amide bonds. The number of thiocarbonyl (C=S) groups is 1. The highest BCUT2D eigenvalue weighted by molar-refractivity contribution is 7.80. The fraction of sp³-hybridized carbons (Fsp3) is 0.706. The van der Waals surface area contributed by atoms with E-state index in [9.17, 15) is 10.4 Å². The minimum atomic E-state index is -0.663. The Labute approximate surface area is 148 Å². The van der Waals surface area contributed by atoms with Gasteiger partial charge in [0.1, 0.15) is 28.3 Å². The van der Waals surface area contributed by atoms with Crippen molar-refractivity contribution >= 4 is 17.2 Å². The van der Waals surface area contributed by atoms with Crippen molar-refractivity contribution in [2.45, 2.75) is 37.6 Å². The van der Waals surface area contributed by atoms with E-state index < -0.39 is 11.5 Å². The molecular formula is C17H24N4O2S. The van der Waals surface area contributed by atoms with E-state index in [1.807, 2.05) is 6.07 Å². The monoisotopic (exact) mass is 348 g/mol. The molecular weight excluding hydrogens is 324 g/mol. The van der Waals surface area contributed by atoms with E-state index in [2.05, 4.69) is 23.3 Å². The summed E-state index contributed by atoms with van der Waals surface area (Å²) in [5.41, 5.74) is -0.420. The summed E-state index contributed by atoms with van der Waals surface area (Å²) >= 11 is 5.10. The molecule has 1 saturated heterocycles. The van der Waals surface area contributed by atoms with Gasteiger partial charge in [0, 0.05) is 13.1 Å².